The first-order valence-electron chi connectivity index (χ1n) is 7.42. The minimum Gasteiger partial charge on any atom is -0.309 e. The smallest absolute Gasteiger partial charge is 0.0703 e. The van der Waals surface area contributed by atoms with Gasteiger partial charge in [0.1, 0.15) is 0 Å². The van der Waals surface area contributed by atoms with Crippen LogP contribution >= 0.6 is 23.7 Å². The van der Waals surface area contributed by atoms with Crippen LogP contribution in [0.25, 0.3) is 11.3 Å². The molecule has 6 heteroatoms. The zero-order valence-electron chi connectivity index (χ0n) is 11.9. The van der Waals surface area contributed by atoms with Gasteiger partial charge in [0, 0.05) is 48.2 Å². The molecule has 0 aliphatic carbocycles. The van der Waals surface area contributed by atoms with Gasteiger partial charge in [-0.2, -0.15) is 16.4 Å². The molecule has 2 unspecified atom stereocenters. The van der Waals surface area contributed by atoms with Crippen molar-refractivity contribution in [1.29, 1.82) is 0 Å². The Morgan fingerprint density at radius 3 is 2.81 bits per heavy atom. The Morgan fingerprint density at radius 2 is 2.10 bits per heavy atom. The molecule has 2 aliphatic heterocycles. The Morgan fingerprint density at radius 1 is 1.29 bits per heavy atom. The number of piperazine rings is 1. The van der Waals surface area contributed by atoms with E-state index in [0.29, 0.717) is 12.1 Å². The first-order chi connectivity index (χ1) is 9.88. The van der Waals surface area contributed by atoms with E-state index in [2.05, 4.69) is 37.2 Å². The van der Waals surface area contributed by atoms with Crippen LogP contribution in [-0.4, -0.2) is 40.3 Å². The first kappa shape index (κ1) is 15.0. The van der Waals surface area contributed by atoms with E-state index in [4.69, 9.17) is 0 Å². The molecule has 2 fully saturated rings. The van der Waals surface area contributed by atoms with E-state index in [0.717, 1.165) is 6.54 Å². The maximum Gasteiger partial charge on any atom is 0.0703 e. The molecule has 0 saturated carbocycles. The van der Waals surface area contributed by atoms with Crippen LogP contribution in [0.4, 0.5) is 0 Å². The standard InChI is InChI=1S/C15H20N4S.ClH/c1-2-13-8-19(9-14(3-1)17-13)7-12-6-16-18-15(12)11-4-5-20-10-11;/h4-6,10,13-14,17H,1-3,7-9H2,(H,16,18);1H. The van der Waals surface area contributed by atoms with Crippen LogP contribution in [0.2, 0.25) is 0 Å². The summed E-state index contributed by atoms with van der Waals surface area (Å²) >= 11 is 1.73. The largest absolute Gasteiger partial charge is 0.309 e. The van der Waals surface area contributed by atoms with E-state index in [9.17, 15) is 0 Å². The Hall–Kier alpha value is -0.880. The number of halogens is 1. The van der Waals surface area contributed by atoms with Crippen molar-refractivity contribution in [1.82, 2.24) is 20.4 Å². The van der Waals surface area contributed by atoms with E-state index in [1.165, 1.54) is 49.2 Å². The van der Waals surface area contributed by atoms with Crippen LogP contribution < -0.4 is 5.32 Å². The summed E-state index contributed by atoms with van der Waals surface area (Å²) in [6.07, 6.45) is 6.04. The van der Waals surface area contributed by atoms with E-state index >= 15 is 0 Å². The molecule has 0 amide bonds. The van der Waals surface area contributed by atoms with Gasteiger partial charge in [-0.15, -0.1) is 12.4 Å². The number of aromatic nitrogens is 2. The maximum atomic E-state index is 4.25. The molecule has 2 aromatic rings. The third-order valence-corrected chi connectivity index (χ3v) is 5.14. The van der Waals surface area contributed by atoms with Gasteiger partial charge < -0.3 is 5.32 Å². The highest BCUT2D eigenvalue weighted by Crippen LogP contribution is 2.26. The molecule has 21 heavy (non-hydrogen) atoms. The Balaban J connectivity index is 0.00000132. The highest BCUT2D eigenvalue weighted by molar-refractivity contribution is 7.08. The van der Waals surface area contributed by atoms with Crippen molar-refractivity contribution in [3.05, 3.63) is 28.6 Å². The van der Waals surface area contributed by atoms with Gasteiger partial charge in [-0.25, -0.2) is 0 Å². The molecule has 4 rings (SSSR count). The summed E-state index contributed by atoms with van der Waals surface area (Å²) in [5.74, 6) is 0. The van der Waals surface area contributed by atoms with Gasteiger partial charge in [0.05, 0.1) is 11.9 Å². The predicted octanol–water partition coefficient (Wildman–Crippen LogP) is 2.89. The zero-order chi connectivity index (χ0) is 13.4. The molecule has 0 aromatic carbocycles. The summed E-state index contributed by atoms with van der Waals surface area (Å²) in [5, 5.41) is 15.5. The number of nitrogens with one attached hydrogen (secondary N) is 2. The van der Waals surface area contributed by atoms with Crippen molar-refractivity contribution in [2.45, 2.75) is 37.9 Å². The van der Waals surface area contributed by atoms with E-state index in [1.54, 1.807) is 11.3 Å². The van der Waals surface area contributed by atoms with Crippen molar-refractivity contribution >= 4 is 23.7 Å². The topological polar surface area (TPSA) is 44.0 Å². The monoisotopic (exact) mass is 324 g/mol. The van der Waals surface area contributed by atoms with Gasteiger partial charge in [-0.1, -0.05) is 6.42 Å². The molecule has 2 atom stereocenters. The van der Waals surface area contributed by atoms with E-state index in [-0.39, 0.29) is 12.4 Å². The van der Waals surface area contributed by atoms with E-state index < -0.39 is 0 Å². The van der Waals surface area contributed by atoms with Crippen LogP contribution in [0, 0.1) is 0 Å². The number of piperidine rings is 1. The number of aromatic amines is 1. The Labute approximate surface area is 135 Å². The average Bonchev–Trinajstić information content (AvgIpc) is 3.08. The van der Waals surface area contributed by atoms with Gasteiger partial charge in [0.25, 0.3) is 0 Å². The fourth-order valence-electron chi connectivity index (χ4n) is 3.55. The minimum atomic E-state index is 0. The molecule has 4 nitrogen and oxygen atoms in total. The third-order valence-electron chi connectivity index (χ3n) is 4.46. The lowest BCUT2D eigenvalue weighted by Gasteiger charge is -2.42. The normalized spacial score (nSPS) is 25.5. The number of rotatable bonds is 3. The van der Waals surface area contributed by atoms with Gasteiger partial charge >= 0.3 is 0 Å². The van der Waals surface area contributed by atoms with Crippen LogP contribution in [-0.2, 0) is 6.54 Å². The summed E-state index contributed by atoms with van der Waals surface area (Å²) in [6, 6.07) is 3.55. The van der Waals surface area contributed by atoms with Gasteiger partial charge in [-0.05, 0) is 24.3 Å². The molecule has 2 N–H and O–H groups in total. The maximum absolute atomic E-state index is 4.25. The number of H-pyrrole nitrogens is 1. The minimum absolute atomic E-state index is 0. The number of hydrogen-bond donors (Lipinski definition) is 2. The lowest BCUT2D eigenvalue weighted by Crippen LogP contribution is -2.58. The zero-order valence-corrected chi connectivity index (χ0v) is 13.6. The summed E-state index contributed by atoms with van der Waals surface area (Å²) < 4.78 is 0. The van der Waals surface area contributed by atoms with Gasteiger partial charge in [-0.3, -0.25) is 10.00 Å². The van der Waals surface area contributed by atoms with Crippen molar-refractivity contribution in [2.75, 3.05) is 13.1 Å². The molecule has 2 bridgehead atoms. The van der Waals surface area contributed by atoms with Crippen molar-refractivity contribution in [3.63, 3.8) is 0 Å². The highest BCUT2D eigenvalue weighted by atomic mass is 35.5. The van der Waals surface area contributed by atoms with Crippen molar-refractivity contribution in [3.8, 4) is 11.3 Å². The summed E-state index contributed by atoms with van der Waals surface area (Å²) in [5.41, 5.74) is 3.77. The molecule has 114 valence electrons. The highest BCUT2D eigenvalue weighted by Gasteiger charge is 2.30. The number of likely N-dealkylation sites (tertiary alicyclic amines) is 1. The Kier molecular flexibility index (Phi) is 4.64. The summed E-state index contributed by atoms with van der Waals surface area (Å²) in [6.45, 7) is 3.35. The van der Waals surface area contributed by atoms with Crippen LogP contribution in [0.15, 0.2) is 23.0 Å². The third kappa shape index (κ3) is 3.16. The fraction of sp³-hybridized carbons (Fsp3) is 0.533. The molecular weight excluding hydrogens is 304 g/mol. The SMILES string of the molecule is Cl.c1cc(-c2[nH]ncc2CN2CC3CCCC(C2)N3)cs1. The Bertz CT molecular complexity index is 556. The lowest BCUT2D eigenvalue weighted by molar-refractivity contribution is 0.119. The number of nitrogens with zero attached hydrogens (tertiary/aromatic N) is 2. The molecular formula is C15H21ClN4S. The second-order valence-electron chi connectivity index (χ2n) is 5.97. The second-order valence-corrected chi connectivity index (χ2v) is 6.75. The van der Waals surface area contributed by atoms with Crippen LogP contribution in [0.5, 0.6) is 0 Å². The number of fused-ring (bicyclic) bond motifs is 2. The summed E-state index contributed by atoms with van der Waals surface area (Å²) in [7, 11) is 0. The molecule has 2 saturated heterocycles. The quantitative estimate of drug-likeness (QED) is 0.912. The summed E-state index contributed by atoms with van der Waals surface area (Å²) in [4.78, 5) is 2.59. The van der Waals surface area contributed by atoms with Crippen molar-refractivity contribution in [2.24, 2.45) is 0 Å². The predicted molar refractivity (Wildman–Crippen MR) is 89.0 cm³/mol. The molecule has 0 spiro atoms. The van der Waals surface area contributed by atoms with Gasteiger partial charge in [0.2, 0.25) is 0 Å². The first-order valence-corrected chi connectivity index (χ1v) is 8.36. The molecule has 0 radical (unpaired) electrons. The molecule has 2 aromatic heterocycles. The average molecular weight is 325 g/mol. The van der Waals surface area contributed by atoms with Crippen molar-refractivity contribution < 1.29 is 0 Å². The molecule has 4 heterocycles. The molecule has 2 aliphatic rings. The number of hydrogen-bond acceptors (Lipinski definition) is 4. The van der Waals surface area contributed by atoms with E-state index in [1.807, 2.05) is 6.20 Å². The van der Waals surface area contributed by atoms with Crippen LogP contribution in [0.3, 0.4) is 0 Å². The number of thiophene rings is 1. The second kappa shape index (κ2) is 6.48. The van der Waals surface area contributed by atoms with Crippen LogP contribution in [0.1, 0.15) is 24.8 Å². The lowest BCUT2D eigenvalue weighted by atomic mass is 9.94. The van der Waals surface area contributed by atoms with Gasteiger partial charge in [0.15, 0.2) is 0 Å². The fourth-order valence-corrected chi connectivity index (χ4v) is 4.20.